The third-order valence-electron chi connectivity index (χ3n) is 4.48. The molecule has 1 aliphatic rings. The molecule has 0 bridgehead atoms. The number of benzene rings is 2. The number of hydrogen-bond acceptors (Lipinski definition) is 4. The second-order valence-electron chi connectivity index (χ2n) is 6.41. The minimum absolute atomic E-state index is 0.0693. The van der Waals surface area contributed by atoms with Crippen molar-refractivity contribution in [3.8, 4) is 0 Å². The molecular formula is C19H17Cl2NO4S. The van der Waals surface area contributed by atoms with Crippen LogP contribution < -0.4 is 0 Å². The molecule has 0 aliphatic carbocycles. The molecule has 8 heteroatoms. The maximum absolute atomic E-state index is 13.0. The van der Waals surface area contributed by atoms with E-state index < -0.39 is 28.4 Å². The monoisotopic (exact) mass is 425 g/mol. The van der Waals surface area contributed by atoms with Gasteiger partial charge in [0.25, 0.3) is 10.0 Å². The second kappa shape index (κ2) is 8.00. The molecule has 1 fully saturated rings. The molecule has 3 rings (SSSR count). The van der Waals surface area contributed by atoms with Crippen LogP contribution in [-0.2, 0) is 26.0 Å². The van der Waals surface area contributed by atoms with Crippen molar-refractivity contribution in [2.45, 2.75) is 24.2 Å². The Bertz CT molecular complexity index is 956. The third kappa shape index (κ3) is 4.51. The predicted molar refractivity (Wildman–Crippen MR) is 103 cm³/mol. The number of sulfonamides is 1. The van der Waals surface area contributed by atoms with Gasteiger partial charge >= 0.3 is 0 Å². The Labute approximate surface area is 167 Å². The van der Waals surface area contributed by atoms with Crippen molar-refractivity contribution in [1.82, 2.24) is 4.31 Å². The van der Waals surface area contributed by atoms with E-state index in [-0.39, 0.29) is 17.1 Å². The number of rotatable bonds is 4. The summed E-state index contributed by atoms with van der Waals surface area (Å²) >= 11 is 11.7. The van der Waals surface area contributed by atoms with Crippen LogP contribution in [0.3, 0.4) is 0 Å². The first-order valence-electron chi connectivity index (χ1n) is 8.35. The van der Waals surface area contributed by atoms with E-state index in [1.54, 1.807) is 24.3 Å². The number of Topliss-reactive ketones (excluding diaryl/α,β-unsaturated/α-hetero) is 1. The van der Waals surface area contributed by atoms with E-state index >= 15 is 0 Å². The fourth-order valence-corrected chi connectivity index (χ4v) is 4.70. The van der Waals surface area contributed by atoms with Crippen molar-refractivity contribution in [1.29, 1.82) is 0 Å². The Kier molecular flexibility index (Phi) is 5.89. The zero-order valence-corrected chi connectivity index (χ0v) is 16.6. The molecule has 2 aromatic carbocycles. The van der Waals surface area contributed by atoms with Crippen LogP contribution in [0.1, 0.15) is 18.4 Å². The van der Waals surface area contributed by atoms with Crippen molar-refractivity contribution in [3.05, 3.63) is 64.1 Å². The van der Waals surface area contributed by atoms with Crippen molar-refractivity contribution >= 4 is 44.9 Å². The van der Waals surface area contributed by atoms with Crippen LogP contribution in [-0.4, -0.2) is 31.0 Å². The van der Waals surface area contributed by atoms with Crippen molar-refractivity contribution in [3.63, 3.8) is 0 Å². The SMILES string of the molecule is O=C1CCC(Cc2ccc(Cl)cc2)C(=O)N(S(=O)(=O)c2ccc(Cl)cc2)C1. The van der Waals surface area contributed by atoms with Crippen LogP contribution in [0, 0.1) is 5.92 Å². The Morgan fingerprint density at radius 3 is 2.07 bits per heavy atom. The fourth-order valence-electron chi connectivity index (χ4n) is 3.01. The van der Waals surface area contributed by atoms with Gasteiger partial charge in [-0.3, -0.25) is 9.59 Å². The number of carbonyl (C=O) groups is 2. The molecule has 0 spiro atoms. The summed E-state index contributed by atoms with van der Waals surface area (Å²) < 4.78 is 26.6. The summed E-state index contributed by atoms with van der Waals surface area (Å²) in [6, 6.07) is 12.5. The van der Waals surface area contributed by atoms with Gasteiger partial charge in [-0.25, -0.2) is 12.7 Å². The molecule has 0 radical (unpaired) electrons. The summed E-state index contributed by atoms with van der Waals surface area (Å²) in [5.74, 6) is -1.44. The molecule has 2 aromatic rings. The van der Waals surface area contributed by atoms with Gasteiger partial charge < -0.3 is 0 Å². The van der Waals surface area contributed by atoms with E-state index in [2.05, 4.69) is 0 Å². The fraction of sp³-hybridized carbons (Fsp3) is 0.263. The topological polar surface area (TPSA) is 71.5 Å². The van der Waals surface area contributed by atoms with Gasteiger partial charge in [0, 0.05) is 22.4 Å². The van der Waals surface area contributed by atoms with Gasteiger partial charge in [0.1, 0.15) is 0 Å². The first-order valence-corrected chi connectivity index (χ1v) is 10.6. The lowest BCUT2D eigenvalue weighted by Gasteiger charge is -2.23. The van der Waals surface area contributed by atoms with Crippen molar-refractivity contribution in [2.75, 3.05) is 6.54 Å². The van der Waals surface area contributed by atoms with E-state index in [1.807, 2.05) is 0 Å². The largest absolute Gasteiger partial charge is 0.298 e. The van der Waals surface area contributed by atoms with Crippen LogP contribution in [0.25, 0.3) is 0 Å². The lowest BCUT2D eigenvalue weighted by atomic mass is 9.94. The highest BCUT2D eigenvalue weighted by Crippen LogP contribution is 2.26. The first kappa shape index (κ1) is 19.9. The quantitative estimate of drug-likeness (QED) is 0.747. The Balaban J connectivity index is 1.91. The van der Waals surface area contributed by atoms with Gasteiger partial charge in [0.05, 0.1) is 11.4 Å². The normalized spacial score (nSPS) is 18.4. The van der Waals surface area contributed by atoms with E-state index in [9.17, 15) is 18.0 Å². The predicted octanol–water partition coefficient (Wildman–Crippen LogP) is 3.73. The van der Waals surface area contributed by atoms with Crippen molar-refractivity contribution < 1.29 is 18.0 Å². The smallest absolute Gasteiger partial charge is 0.266 e. The molecule has 142 valence electrons. The number of halogens is 2. The summed E-state index contributed by atoms with van der Waals surface area (Å²) in [6.45, 7) is -0.444. The van der Waals surface area contributed by atoms with Gasteiger partial charge in [-0.2, -0.15) is 0 Å². The maximum Gasteiger partial charge on any atom is 0.266 e. The number of ketones is 1. The highest BCUT2D eigenvalue weighted by molar-refractivity contribution is 7.89. The van der Waals surface area contributed by atoms with Gasteiger partial charge in [0.15, 0.2) is 5.78 Å². The van der Waals surface area contributed by atoms with Crippen LogP contribution >= 0.6 is 23.2 Å². The summed E-state index contributed by atoms with van der Waals surface area (Å²) in [6.07, 6.45) is 0.819. The van der Waals surface area contributed by atoms with E-state index in [1.165, 1.54) is 24.3 Å². The zero-order valence-electron chi connectivity index (χ0n) is 14.3. The molecule has 1 unspecified atom stereocenters. The summed E-state index contributed by atoms with van der Waals surface area (Å²) in [4.78, 5) is 25.0. The van der Waals surface area contributed by atoms with Gasteiger partial charge in [-0.15, -0.1) is 0 Å². The molecule has 1 atom stereocenters. The van der Waals surface area contributed by atoms with Gasteiger partial charge in [-0.05, 0) is 54.8 Å². The standard InChI is InChI=1S/C19H17Cl2NO4S/c20-15-4-1-13(2-5-15)11-14-3-8-17(23)12-22(19(14)24)27(25,26)18-9-6-16(21)7-10-18/h1-2,4-7,9-10,14H,3,8,11-12H2. The lowest BCUT2D eigenvalue weighted by Crippen LogP contribution is -2.42. The van der Waals surface area contributed by atoms with E-state index in [4.69, 9.17) is 23.2 Å². The number of nitrogens with zero attached hydrogens (tertiary/aromatic N) is 1. The second-order valence-corrected chi connectivity index (χ2v) is 9.14. The van der Waals surface area contributed by atoms with E-state index in [0.29, 0.717) is 27.2 Å². The average Bonchev–Trinajstić information content (AvgIpc) is 2.77. The number of hydrogen-bond donors (Lipinski definition) is 0. The molecule has 0 aromatic heterocycles. The number of carbonyl (C=O) groups excluding carboxylic acids is 2. The summed E-state index contributed by atoms with van der Waals surface area (Å²) in [5, 5.41) is 0.959. The first-order chi connectivity index (χ1) is 12.8. The molecule has 0 saturated carbocycles. The molecule has 5 nitrogen and oxygen atoms in total. The van der Waals surface area contributed by atoms with Gasteiger partial charge in [0.2, 0.25) is 5.91 Å². The average molecular weight is 426 g/mol. The van der Waals surface area contributed by atoms with Gasteiger partial charge in [-0.1, -0.05) is 35.3 Å². The summed E-state index contributed by atoms with van der Waals surface area (Å²) in [7, 11) is -4.13. The molecule has 1 amide bonds. The highest BCUT2D eigenvalue weighted by atomic mass is 35.5. The van der Waals surface area contributed by atoms with Crippen LogP contribution in [0.15, 0.2) is 53.4 Å². The van der Waals surface area contributed by atoms with Crippen LogP contribution in [0.2, 0.25) is 10.0 Å². The summed E-state index contributed by atoms with van der Waals surface area (Å²) in [5.41, 5.74) is 0.857. The van der Waals surface area contributed by atoms with Crippen LogP contribution in [0.5, 0.6) is 0 Å². The van der Waals surface area contributed by atoms with Crippen LogP contribution in [0.4, 0.5) is 0 Å². The Hall–Kier alpha value is -1.89. The third-order valence-corrected chi connectivity index (χ3v) is 6.74. The minimum Gasteiger partial charge on any atom is -0.298 e. The molecule has 1 heterocycles. The Morgan fingerprint density at radius 2 is 1.48 bits per heavy atom. The van der Waals surface area contributed by atoms with Crippen molar-refractivity contribution in [2.24, 2.45) is 5.92 Å². The molecule has 27 heavy (non-hydrogen) atoms. The maximum atomic E-state index is 13.0. The highest BCUT2D eigenvalue weighted by Gasteiger charge is 2.37. The molecular weight excluding hydrogens is 409 g/mol. The zero-order chi connectivity index (χ0) is 19.6. The lowest BCUT2D eigenvalue weighted by molar-refractivity contribution is -0.131. The van der Waals surface area contributed by atoms with E-state index in [0.717, 1.165) is 5.56 Å². The molecule has 0 N–H and O–H groups in total. The Morgan fingerprint density at radius 1 is 0.926 bits per heavy atom. The number of amides is 1. The minimum atomic E-state index is -4.13. The molecule has 1 saturated heterocycles. The molecule has 1 aliphatic heterocycles.